The molecule has 0 fully saturated rings. The van der Waals surface area contributed by atoms with Gasteiger partial charge in [-0.1, -0.05) is 0 Å². The highest BCUT2D eigenvalue weighted by Gasteiger charge is 2.08. The van der Waals surface area contributed by atoms with Crippen LogP contribution in [0.4, 0.5) is 0 Å². The van der Waals surface area contributed by atoms with Crippen LogP contribution >= 0.6 is 0 Å². The molecule has 0 saturated carbocycles. The van der Waals surface area contributed by atoms with Crippen LogP contribution in [0.2, 0.25) is 0 Å². The van der Waals surface area contributed by atoms with E-state index in [9.17, 15) is 5.11 Å². The topological polar surface area (TPSA) is 64.5 Å². The zero-order valence-electron chi connectivity index (χ0n) is 8.09. The lowest BCUT2D eigenvalue weighted by molar-refractivity contribution is 0.0109. The summed E-state index contributed by atoms with van der Waals surface area (Å²) in [6.45, 7) is 1.20. The fourth-order valence-corrected chi connectivity index (χ4v) is 0.905. The number of hydrogen-bond acceptors (Lipinski definition) is 5. The molecule has 0 radical (unpaired) electrons. The van der Waals surface area contributed by atoms with Gasteiger partial charge in [0.15, 0.2) is 0 Å². The molecule has 1 unspecified atom stereocenters. The van der Waals surface area contributed by atoms with Crippen LogP contribution in [0, 0.1) is 0 Å². The molecule has 0 saturated heterocycles. The Morgan fingerprint density at radius 2 is 2.29 bits per heavy atom. The first-order chi connectivity index (χ1) is 6.84. The van der Waals surface area contributed by atoms with E-state index in [1.54, 1.807) is 13.3 Å². The number of ether oxygens (including phenoxy) is 2. The van der Waals surface area contributed by atoms with Crippen molar-refractivity contribution < 1.29 is 14.6 Å². The first-order valence-corrected chi connectivity index (χ1v) is 4.35. The number of nitrogens with zero attached hydrogens (tertiary/aromatic N) is 2. The van der Waals surface area contributed by atoms with Crippen LogP contribution in [0.15, 0.2) is 18.6 Å². The molecule has 5 heteroatoms. The molecule has 1 heterocycles. The van der Waals surface area contributed by atoms with E-state index in [1.807, 2.05) is 0 Å². The van der Waals surface area contributed by atoms with Crippen LogP contribution in [0.25, 0.3) is 0 Å². The summed E-state index contributed by atoms with van der Waals surface area (Å²) < 4.78 is 9.94. The van der Waals surface area contributed by atoms with Crippen molar-refractivity contribution in [3.05, 3.63) is 24.3 Å². The van der Waals surface area contributed by atoms with Gasteiger partial charge in [0.05, 0.1) is 31.7 Å². The van der Waals surface area contributed by atoms with Gasteiger partial charge in [0.2, 0.25) is 0 Å². The van der Waals surface area contributed by atoms with E-state index in [0.717, 1.165) is 0 Å². The maximum Gasteiger partial charge on any atom is 0.121 e. The van der Waals surface area contributed by atoms with Gasteiger partial charge in [0, 0.05) is 19.5 Å². The minimum atomic E-state index is -0.722. The second kappa shape index (κ2) is 6.42. The second-order valence-corrected chi connectivity index (χ2v) is 2.71. The van der Waals surface area contributed by atoms with E-state index in [0.29, 0.717) is 18.9 Å². The van der Waals surface area contributed by atoms with Gasteiger partial charge in [0.25, 0.3) is 0 Å². The van der Waals surface area contributed by atoms with Crippen molar-refractivity contribution in [1.29, 1.82) is 0 Å². The Morgan fingerprint density at radius 3 is 2.93 bits per heavy atom. The van der Waals surface area contributed by atoms with Crippen molar-refractivity contribution in [2.75, 3.05) is 26.9 Å². The highest BCUT2D eigenvalue weighted by molar-refractivity contribution is 4.98. The molecule has 78 valence electrons. The minimum Gasteiger partial charge on any atom is -0.384 e. The minimum absolute atomic E-state index is 0.210. The monoisotopic (exact) mass is 198 g/mol. The fraction of sp³-hybridized carbons (Fsp3) is 0.556. The summed E-state index contributed by atoms with van der Waals surface area (Å²) in [5.74, 6) is 0. The lowest BCUT2D eigenvalue weighted by Crippen LogP contribution is -2.11. The van der Waals surface area contributed by atoms with Gasteiger partial charge < -0.3 is 14.6 Å². The van der Waals surface area contributed by atoms with Crippen LogP contribution < -0.4 is 0 Å². The molecule has 5 nitrogen and oxygen atoms in total. The van der Waals surface area contributed by atoms with Gasteiger partial charge in [-0.05, 0) is 0 Å². The molecule has 0 spiro atoms. The summed E-state index contributed by atoms with van der Waals surface area (Å²) in [7, 11) is 1.60. The maximum atomic E-state index is 9.55. The Balaban J connectivity index is 2.25. The van der Waals surface area contributed by atoms with Crippen molar-refractivity contribution in [1.82, 2.24) is 9.97 Å². The molecule has 1 aromatic rings. The molecule has 0 aliphatic heterocycles. The van der Waals surface area contributed by atoms with Crippen molar-refractivity contribution in [2.24, 2.45) is 0 Å². The molecular formula is C9H14N2O3. The first kappa shape index (κ1) is 11.0. The molecule has 14 heavy (non-hydrogen) atoms. The smallest absolute Gasteiger partial charge is 0.121 e. The van der Waals surface area contributed by atoms with Gasteiger partial charge >= 0.3 is 0 Å². The summed E-state index contributed by atoms with van der Waals surface area (Å²) in [6.07, 6.45) is 3.89. The summed E-state index contributed by atoms with van der Waals surface area (Å²) in [4.78, 5) is 7.80. The van der Waals surface area contributed by atoms with Crippen molar-refractivity contribution >= 4 is 0 Å². The number of aliphatic hydroxyl groups excluding tert-OH is 1. The standard InChI is InChI=1S/C9H14N2O3/c1-13-4-5-14-7-9(12)8-6-10-2-3-11-8/h2-3,6,9,12H,4-5,7H2,1H3. The predicted octanol–water partition coefficient (Wildman–Crippen LogP) is 0.173. The van der Waals surface area contributed by atoms with Crippen molar-refractivity contribution in [3.63, 3.8) is 0 Å². The SMILES string of the molecule is COCCOCC(O)c1cnccn1. The van der Waals surface area contributed by atoms with E-state index in [4.69, 9.17) is 9.47 Å². The summed E-state index contributed by atoms with van der Waals surface area (Å²) in [5, 5.41) is 9.55. The lowest BCUT2D eigenvalue weighted by atomic mass is 10.3. The van der Waals surface area contributed by atoms with E-state index in [1.165, 1.54) is 12.4 Å². The van der Waals surface area contributed by atoms with Gasteiger partial charge in [-0.15, -0.1) is 0 Å². The van der Waals surface area contributed by atoms with Crippen LogP contribution in [-0.2, 0) is 9.47 Å². The van der Waals surface area contributed by atoms with Crippen molar-refractivity contribution in [2.45, 2.75) is 6.10 Å². The molecular weight excluding hydrogens is 184 g/mol. The lowest BCUT2D eigenvalue weighted by Gasteiger charge is -2.09. The van der Waals surface area contributed by atoms with Gasteiger partial charge in [-0.2, -0.15) is 0 Å². The molecule has 0 bridgehead atoms. The summed E-state index contributed by atoms with van der Waals surface area (Å²) in [6, 6.07) is 0. The number of rotatable bonds is 6. The Labute approximate surface area is 82.7 Å². The molecule has 0 aliphatic rings. The van der Waals surface area contributed by atoms with Crippen LogP contribution in [0.1, 0.15) is 11.8 Å². The Morgan fingerprint density at radius 1 is 1.43 bits per heavy atom. The van der Waals surface area contributed by atoms with E-state index in [-0.39, 0.29) is 6.61 Å². The number of aliphatic hydroxyl groups is 1. The number of hydrogen-bond donors (Lipinski definition) is 1. The second-order valence-electron chi connectivity index (χ2n) is 2.71. The van der Waals surface area contributed by atoms with Crippen LogP contribution in [0.3, 0.4) is 0 Å². The molecule has 0 amide bonds. The van der Waals surface area contributed by atoms with E-state index < -0.39 is 6.10 Å². The first-order valence-electron chi connectivity index (χ1n) is 4.35. The summed E-state index contributed by atoms with van der Waals surface area (Å²) >= 11 is 0. The zero-order chi connectivity index (χ0) is 10.2. The Hall–Kier alpha value is -1.04. The predicted molar refractivity (Wildman–Crippen MR) is 49.7 cm³/mol. The Bertz CT molecular complexity index is 243. The highest BCUT2D eigenvalue weighted by Crippen LogP contribution is 2.07. The zero-order valence-corrected chi connectivity index (χ0v) is 8.09. The van der Waals surface area contributed by atoms with Gasteiger partial charge in [-0.3, -0.25) is 9.97 Å². The summed E-state index contributed by atoms with van der Waals surface area (Å²) in [5.41, 5.74) is 0.518. The molecule has 1 aromatic heterocycles. The maximum absolute atomic E-state index is 9.55. The molecule has 1 N–H and O–H groups in total. The largest absolute Gasteiger partial charge is 0.384 e. The molecule has 0 aliphatic carbocycles. The van der Waals surface area contributed by atoms with E-state index >= 15 is 0 Å². The van der Waals surface area contributed by atoms with Crippen molar-refractivity contribution in [3.8, 4) is 0 Å². The van der Waals surface area contributed by atoms with E-state index in [2.05, 4.69) is 9.97 Å². The number of aromatic nitrogens is 2. The third kappa shape index (κ3) is 3.78. The fourth-order valence-electron chi connectivity index (χ4n) is 0.905. The molecule has 0 aromatic carbocycles. The molecule has 1 atom stereocenters. The third-order valence-corrected chi connectivity index (χ3v) is 1.63. The van der Waals surface area contributed by atoms with Crippen LogP contribution in [-0.4, -0.2) is 42.0 Å². The van der Waals surface area contributed by atoms with Crippen LogP contribution in [0.5, 0.6) is 0 Å². The normalized spacial score (nSPS) is 12.7. The van der Waals surface area contributed by atoms with Gasteiger partial charge in [-0.25, -0.2) is 0 Å². The average molecular weight is 198 g/mol. The molecule has 1 rings (SSSR count). The average Bonchev–Trinajstić information content (AvgIpc) is 2.25. The Kier molecular flexibility index (Phi) is 5.06. The highest BCUT2D eigenvalue weighted by atomic mass is 16.5. The third-order valence-electron chi connectivity index (χ3n) is 1.63. The quantitative estimate of drug-likeness (QED) is 0.660. The van der Waals surface area contributed by atoms with Gasteiger partial charge in [0.1, 0.15) is 6.10 Å². The number of methoxy groups -OCH3 is 1.